The summed E-state index contributed by atoms with van der Waals surface area (Å²) in [6.07, 6.45) is 1.43. The molecule has 0 bridgehead atoms. The minimum atomic E-state index is -0.0206. The molecule has 1 amide bonds. The van der Waals surface area contributed by atoms with Crippen molar-refractivity contribution in [2.24, 2.45) is 0 Å². The van der Waals surface area contributed by atoms with Crippen LogP contribution in [0.4, 0.5) is 5.69 Å². The lowest BCUT2D eigenvalue weighted by Crippen LogP contribution is -2.23. The summed E-state index contributed by atoms with van der Waals surface area (Å²) >= 11 is 1.31. The third-order valence-electron chi connectivity index (χ3n) is 4.56. The number of nitrogens with zero attached hydrogens (tertiary/aromatic N) is 5. The smallest absolute Gasteiger partial charge is 0.227 e. The van der Waals surface area contributed by atoms with Crippen molar-refractivity contribution in [2.45, 2.75) is 24.5 Å². The molecule has 0 radical (unpaired) electrons. The first-order valence-corrected chi connectivity index (χ1v) is 10.1. The number of aromatic nitrogens is 4. The topological polar surface area (TPSA) is 81.0 Å². The molecule has 2 heterocycles. The summed E-state index contributed by atoms with van der Waals surface area (Å²) in [5.41, 5.74) is 2.46. The molecule has 0 atom stereocenters. The molecule has 1 aliphatic heterocycles. The summed E-state index contributed by atoms with van der Waals surface area (Å²) in [6, 6.07) is 17.2. The van der Waals surface area contributed by atoms with E-state index in [2.05, 4.69) is 15.5 Å². The number of tetrazole rings is 1. The molecular weight excluding hydrogens is 374 g/mol. The number of benzene rings is 2. The summed E-state index contributed by atoms with van der Waals surface area (Å²) in [5.74, 6) is 0.318. The molecule has 28 heavy (non-hydrogen) atoms. The SMILES string of the molecule is O=C(CSc1nnnn1Cc1ccccc1)c1cccc(N2CCCC2=O)c1. The maximum absolute atomic E-state index is 12.7. The average molecular weight is 393 g/mol. The Bertz CT molecular complexity index is 989. The van der Waals surface area contributed by atoms with Gasteiger partial charge in [-0.05, 0) is 34.5 Å². The van der Waals surface area contributed by atoms with Crippen molar-refractivity contribution in [2.75, 3.05) is 17.2 Å². The fourth-order valence-electron chi connectivity index (χ4n) is 3.14. The van der Waals surface area contributed by atoms with Crippen LogP contribution in [-0.2, 0) is 11.3 Å². The number of carbonyl (C=O) groups excluding carboxylic acids is 2. The monoisotopic (exact) mass is 393 g/mol. The molecule has 0 spiro atoms. The van der Waals surface area contributed by atoms with Gasteiger partial charge in [-0.2, -0.15) is 0 Å². The van der Waals surface area contributed by atoms with Crippen LogP contribution < -0.4 is 4.90 Å². The number of thioether (sulfide) groups is 1. The van der Waals surface area contributed by atoms with Gasteiger partial charge < -0.3 is 4.90 Å². The second-order valence-electron chi connectivity index (χ2n) is 6.52. The van der Waals surface area contributed by atoms with Crippen molar-refractivity contribution in [3.63, 3.8) is 0 Å². The van der Waals surface area contributed by atoms with E-state index in [-0.39, 0.29) is 17.4 Å². The molecular formula is C20H19N5O2S. The largest absolute Gasteiger partial charge is 0.312 e. The van der Waals surface area contributed by atoms with Crippen LogP contribution in [0, 0.1) is 0 Å². The Labute approximate surface area is 166 Å². The highest BCUT2D eigenvalue weighted by Crippen LogP contribution is 2.24. The molecule has 0 aliphatic carbocycles. The zero-order valence-corrected chi connectivity index (χ0v) is 16.0. The van der Waals surface area contributed by atoms with Crippen LogP contribution in [0.2, 0.25) is 0 Å². The van der Waals surface area contributed by atoms with Crippen LogP contribution in [0.1, 0.15) is 28.8 Å². The maximum Gasteiger partial charge on any atom is 0.227 e. The molecule has 0 saturated carbocycles. The number of hydrogen-bond donors (Lipinski definition) is 0. The first-order valence-electron chi connectivity index (χ1n) is 9.07. The van der Waals surface area contributed by atoms with Gasteiger partial charge in [-0.25, -0.2) is 4.68 Å². The number of rotatable bonds is 7. The lowest BCUT2D eigenvalue weighted by molar-refractivity contribution is -0.117. The van der Waals surface area contributed by atoms with Crippen molar-refractivity contribution in [3.05, 3.63) is 65.7 Å². The van der Waals surface area contributed by atoms with Crippen molar-refractivity contribution >= 4 is 29.1 Å². The Hall–Kier alpha value is -3.00. The minimum Gasteiger partial charge on any atom is -0.312 e. The highest BCUT2D eigenvalue weighted by Gasteiger charge is 2.22. The first-order chi connectivity index (χ1) is 13.7. The van der Waals surface area contributed by atoms with E-state index in [0.29, 0.717) is 30.2 Å². The zero-order valence-electron chi connectivity index (χ0n) is 15.2. The van der Waals surface area contributed by atoms with E-state index in [9.17, 15) is 9.59 Å². The quantitative estimate of drug-likeness (QED) is 0.454. The minimum absolute atomic E-state index is 0.0206. The fourth-order valence-corrected chi connectivity index (χ4v) is 3.91. The third-order valence-corrected chi connectivity index (χ3v) is 5.52. The van der Waals surface area contributed by atoms with Crippen LogP contribution in [0.15, 0.2) is 59.8 Å². The van der Waals surface area contributed by atoms with Gasteiger partial charge in [-0.15, -0.1) is 5.10 Å². The molecule has 0 N–H and O–H groups in total. The van der Waals surface area contributed by atoms with E-state index in [1.165, 1.54) is 11.8 Å². The summed E-state index contributed by atoms with van der Waals surface area (Å²) in [4.78, 5) is 26.3. The van der Waals surface area contributed by atoms with E-state index in [4.69, 9.17) is 0 Å². The molecule has 1 fully saturated rings. The van der Waals surface area contributed by atoms with Gasteiger partial charge in [0.25, 0.3) is 0 Å². The van der Waals surface area contributed by atoms with Crippen molar-refractivity contribution < 1.29 is 9.59 Å². The second kappa shape index (κ2) is 8.35. The van der Waals surface area contributed by atoms with E-state index >= 15 is 0 Å². The zero-order chi connectivity index (χ0) is 19.3. The summed E-state index contributed by atoms with van der Waals surface area (Å²) < 4.78 is 1.69. The average Bonchev–Trinajstić information content (AvgIpc) is 3.35. The van der Waals surface area contributed by atoms with Crippen LogP contribution in [-0.4, -0.2) is 44.2 Å². The van der Waals surface area contributed by atoms with E-state index in [1.807, 2.05) is 42.5 Å². The van der Waals surface area contributed by atoms with Crippen LogP contribution in [0.25, 0.3) is 0 Å². The van der Waals surface area contributed by atoms with Gasteiger partial charge in [-0.1, -0.05) is 54.2 Å². The number of hydrogen-bond acceptors (Lipinski definition) is 6. The summed E-state index contributed by atoms with van der Waals surface area (Å²) in [7, 11) is 0. The first kappa shape index (κ1) is 18.4. The Morgan fingerprint density at radius 2 is 1.96 bits per heavy atom. The highest BCUT2D eigenvalue weighted by molar-refractivity contribution is 7.99. The van der Waals surface area contributed by atoms with E-state index in [0.717, 1.165) is 17.7 Å². The van der Waals surface area contributed by atoms with Crippen LogP contribution >= 0.6 is 11.8 Å². The molecule has 1 aliphatic rings. The van der Waals surface area contributed by atoms with Gasteiger partial charge in [0.15, 0.2) is 5.78 Å². The van der Waals surface area contributed by atoms with Gasteiger partial charge >= 0.3 is 0 Å². The van der Waals surface area contributed by atoms with Gasteiger partial charge in [0.1, 0.15) is 0 Å². The van der Waals surface area contributed by atoms with Crippen LogP contribution in [0.5, 0.6) is 0 Å². The summed E-state index contributed by atoms with van der Waals surface area (Å²) in [6.45, 7) is 1.26. The van der Waals surface area contributed by atoms with Crippen molar-refractivity contribution in [1.29, 1.82) is 0 Å². The summed E-state index contributed by atoms with van der Waals surface area (Å²) in [5, 5.41) is 12.4. The number of amides is 1. The van der Waals surface area contributed by atoms with Crippen LogP contribution in [0.3, 0.4) is 0 Å². The normalized spacial score (nSPS) is 13.9. The molecule has 2 aromatic carbocycles. The Morgan fingerprint density at radius 3 is 2.75 bits per heavy atom. The van der Waals surface area contributed by atoms with Gasteiger partial charge in [0, 0.05) is 24.2 Å². The van der Waals surface area contributed by atoms with E-state index < -0.39 is 0 Å². The van der Waals surface area contributed by atoms with Crippen molar-refractivity contribution in [1.82, 2.24) is 20.2 Å². The van der Waals surface area contributed by atoms with Crippen molar-refractivity contribution in [3.8, 4) is 0 Å². The lowest BCUT2D eigenvalue weighted by atomic mass is 10.1. The Balaban J connectivity index is 1.41. The van der Waals surface area contributed by atoms with Gasteiger partial charge in [0.2, 0.25) is 11.1 Å². The molecule has 4 rings (SSSR count). The number of carbonyl (C=O) groups is 2. The highest BCUT2D eigenvalue weighted by atomic mass is 32.2. The number of anilines is 1. The molecule has 3 aromatic rings. The molecule has 7 nitrogen and oxygen atoms in total. The number of ketones is 1. The lowest BCUT2D eigenvalue weighted by Gasteiger charge is -2.16. The maximum atomic E-state index is 12.7. The van der Waals surface area contributed by atoms with E-state index in [1.54, 1.807) is 21.7 Å². The second-order valence-corrected chi connectivity index (χ2v) is 7.46. The Morgan fingerprint density at radius 1 is 1.11 bits per heavy atom. The molecule has 1 aromatic heterocycles. The van der Waals surface area contributed by atoms with Gasteiger partial charge in [-0.3, -0.25) is 9.59 Å². The third kappa shape index (κ3) is 4.12. The predicted octanol–water partition coefficient (Wildman–Crippen LogP) is 2.82. The number of Topliss-reactive ketones (excluding diaryl/α,β-unsaturated/α-hetero) is 1. The standard InChI is InChI=1S/C20H19N5O2S/c26-18(16-8-4-9-17(12-16)24-11-5-10-19(24)27)14-28-20-21-22-23-25(20)13-15-6-2-1-3-7-15/h1-4,6-9,12H,5,10-11,13-14H2. The molecule has 1 saturated heterocycles. The molecule has 142 valence electrons. The predicted molar refractivity (Wildman–Crippen MR) is 106 cm³/mol. The fraction of sp³-hybridized carbons (Fsp3) is 0.250. The Kier molecular flexibility index (Phi) is 5.48. The van der Waals surface area contributed by atoms with Gasteiger partial charge in [0.05, 0.1) is 12.3 Å². The molecule has 8 heteroatoms. The molecule has 0 unspecified atom stereocenters.